The highest BCUT2D eigenvalue weighted by atomic mass is 127. The number of halogens is 1. The van der Waals surface area contributed by atoms with Gasteiger partial charge >= 0.3 is 0 Å². The van der Waals surface area contributed by atoms with Crippen molar-refractivity contribution in [2.45, 2.75) is 6.10 Å². The first-order chi connectivity index (χ1) is 2.43. The van der Waals surface area contributed by atoms with Crippen LogP contribution in [0.5, 0.6) is 0 Å². The zero-order valence-electron chi connectivity index (χ0n) is 2.78. The van der Waals surface area contributed by atoms with Gasteiger partial charge in [0, 0.05) is 4.43 Å². The van der Waals surface area contributed by atoms with Gasteiger partial charge in [0.25, 0.3) is 0 Å². The Labute approximate surface area is 44.8 Å². The second kappa shape index (κ2) is 1.43. The molecule has 1 saturated heterocycles. The largest absolute Gasteiger partial charge is 0.372 e. The highest BCUT2D eigenvalue weighted by molar-refractivity contribution is 14.1. The third-order valence-electron chi connectivity index (χ3n) is 0.574. The van der Waals surface area contributed by atoms with Crippen molar-refractivity contribution in [1.29, 1.82) is 0 Å². The summed E-state index contributed by atoms with van der Waals surface area (Å²) in [5.41, 5.74) is 0. The molecular weight excluding hydrogens is 179 g/mol. The molecule has 0 aromatic rings. The molecule has 1 aliphatic rings. The van der Waals surface area contributed by atoms with Gasteiger partial charge < -0.3 is 4.74 Å². The Kier molecular flexibility index (Phi) is 1.10. The molecule has 1 nitrogen and oxygen atoms in total. The van der Waals surface area contributed by atoms with Crippen molar-refractivity contribution in [3.63, 3.8) is 0 Å². The Bertz CT molecular complexity index is 33.9. The third-order valence-corrected chi connectivity index (χ3v) is 1.56. The lowest BCUT2D eigenvalue weighted by Gasteiger charge is -1.67. The van der Waals surface area contributed by atoms with Gasteiger partial charge in [-0.15, -0.1) is 0 Å². The number of alkyl halides is 1. The molecule has 0 spiro atoms. The van der Waals surface area contributed by atoms with Gasteiger partial charge in [-0.2, -0.15) is 0 Å². The summed E-state index contributed by atoms with van der Waals surface area (Å²) in [5, 5.41) is 0. The van der Waals surface area contributed by atoms with Crippen LogP contribution in [-0.4, -0.2) is 17.1 Å². The van der Waals surface area contributed by atoms with Crippen molar-refractivity contribution >= 4 is 22.6 Å². The minimum absolute atomic E-state index is 0.621. The standard InChI is InChI=1S/C3H5IO/c4-1-3-2-5-3/h3H,1-2H2/t3-/m1/s1. The van der Waals surface area contributed by atoms with E-state index in [4.69, 9.17) is 4.74 Å². The molecule has 0 aliphatic carbocycles. The maximum atomic E-state index is 4.85. The second-order valence-electron chi connectivity index (χ2n) is 1.11. The maximum absolute atomic E-state index is 4.85. The third kappa shape index (κ3) is 1.05. The SMILES string of the molecule is IC[C@@H]1CO1. The highest BCUT2D eigenvalue weighted by Crippen LogP contribution is 2.10. The minimum atomic E-state index is 0.621. The summed E-state index contributed by atoms with van der Waals surface area (Å²) in [6.07, 6.45) is 0.621. The van der Waals surface area contributed by atoms with E-state index in [9.17, 15) is 0 Å². The summed E-state index contributed by atoms with van der Waals surface area (Å²) in [6, 6.07) is 0. The molecule has 0 unspecified atom stereocenters. The second-order valence-corrected chi connectivity index (χ2v) is 1.99. The zero-order valence-corrected chi connectivity index (χ0v) is 4.94. The molecule has 0 saturated carbocycles. The number of rotatable bonds is 1. The smallest absolute Gasteiger partial charge is 0.0899 e. The summed E-state index contributed by atoms with van der Waals surface area (Å²) < 4.78 is 6.01. The van der Waals surface area contributed by atoms with E-state index in [-0.39, 0.29) is 0 Å². The quantitative estimate of drug-likeness (QED) is 0.334. The van der Waals surface area contributed by atoms with Crippen molar-refractivity contribution in [3.05, 3.63) is 0 Å². The van der Waals surface area contributed by atoms with E-state index in [0.717, 1.165) is 11.0 Å². The Morgan fingerprint density at radius 3 is 2.60 bits per heavy atom. The van der Waals surface area contributed by atoms with Gasteiger partial charge in [0.1, 0.15) is 0 Å². The van der Waals surface area contributed by atoms with Crippen molar-refractivity contribution in [2.24, 2.45) is 0 Å². The van der Waals surface area contributed by atoms with E-state index in [1.807, 2.05) is 0 Å². The molecule has 1 atom stereocenters. The highest BCUT2D eigenvalue weighted by Gasteiger charge is 2.19. The van der Waals surface area contributed by atoms with Crippen molar-refractivity contribution < 1.29 is 4.74 Å². The molecule has 0 amide bonds. The van der Waals surface area contributed by atoms with Crippen LogP contribution < -0.4 is 0 Å². The lowest BCUT2D eigenvalue weighted by molar-refractivity contribution is 0.428. The lowest BCUT2D eigenvalue weighted by Crippen LogP contribution is -1.79. The van der Waals surface area contributed by atoms with Crippen molar-refractivity contribution in [3.8, 4) is 0 Å². The molecule has 1 aliphatic heterocycles. The van der Waals surface area contributed by atoms with Gasteiger partial charge in [0.2, 0.25) is 0 Å². The van der Waals surface area contributed by atoms with Gasteiger partial charge in [-0.05, 0) is 0 Å². The van der Waals surface area contributed by atoms with E-state index in [2.05, 4.69) is 22.6 Å². The van der Waals surface area contributed by atoms with Crippen LogP contribution in [0.15, 0.2) is 0 Å². The fourth-order valence-electron chi connectivity index (χ4n) is 0.157. The molecule has 30 valence electrons. The molecule has 0 aromatic carbocycles. The molecule has 0 aromatic heterocycles. The van der Waals surface area contributed by atoms with Crippen molar-refractivity contribution in [1.82, 2.24) is 0 Å². The number of ether oxygens (including phenoxy) is 1. The first-order valence-electron chi connectivity index (χ1n) is 1.61. The monoisotopic (exact) mass is 184 g/mol. The lowest BCUT2D eigenvalue weighted by atomic mass is 10.6. The van der Waals surface area contributed by atoms with Gasteiger partial charge in [-0.1, -0.05) is 22.6 Å². The Hall–Kier alpha value is 0.690. The molecule has 1 heterocycles. The summed E-state index contributed by atoms with van der Waals surface area (Å²) >= 11 is 2.31. The molecule has 2 heteroatoms. The van der Waals surface area contributed by atoms with E-state index in [1.54, 1.807) is 0 Å². The molecule has 0 N–H and O–H groups in total. The molecule has 1 fully saturated rings. The van der Waals surface area contributed by atoms with E-state index < -0.39 is 0 Å². The fraction of sp³-hybridized carbons (Fsp3) is 1.00. The maximum Gasteiger partial charge on any atom is 0.0899 e. The molecule has 1 rings (SSSR count). The molecular formula is C3H5IO. The van der Waals surface area contributed by atoms with Gasteiger partial charge in [-0.3, -0.25) is 0 Å². The average molecular weight is 184 g/mol. The number of hydrogen-bond acceptors (Lipinski definition) is 1. The predicted octanol–water partition coefficient (Wildman–Crippen LogP) is 0.820. The summed E-state index contributed by atoms with van der Waals surface area (Å²) in [4.78, 5) is 0. The Morgan fingerprint density at radius 1 is 2.00 bits per heavy atom. The number of epoxide rings is 1. The van der Waals surface area contributed by atoms with E-state index in [1.165, 1.54) is 0 Å². The Morgan fingerprint density at radius 2 is 2.60 bits per heavy atom. The van der Waals surface area contributed by atoms with Crippen LogP contribution in [0, 0.1) is 0 Å². The first kappa shape index (κ1) is 3.87. The minimum Gasteiger partial charge on any atom is -0.372 e. The van der Waals surface area contributed by atoms with Crippen LogP contribution in [0.4, 0.5) is 0 Å². The normalized spacial score (nSPS) is 34.2. The topological polar surface area (TPSA) is 12.5 Å². The van der Waals surface area contributed by atoms with Crippen LogP contribution in [0.3, 0.4) is 0 Å². The Balaban J connectivity index is 2.00. The van der Waals surface area contributed by atoms with Crippen LogP contribution in [0.25, 0.3) is 0 Å². The average Bonchev–Trinajstić information content (AvgIpc) is 2.12. The first-order valence-corrected chi connectivity index (χ1v) is 3.13. The predicted molar refractivity (Wildman–Crippen MR) is 28.6 cm³/mol. The van der Waals surface area contributed by atoms with Crippen molar-refractivity contribution in [2.75, 3.05) is 11.0 Å². The summed E-state index contributed by atoms with van der Waals surface area (Å²) in [5.74, 6) is 0. The van der Waals surface area contributed by atoms with E-state index >= 15 is 0 Å². The molecule has 5 heavy (non-hydrogen) atoms. The van der Waals surface area contributed by atoms with Gasteiger partial charge in [0.05, 0.1) is 12.7 Å². The molecule has 0 radical (unpaired) electrons. The van der Waals surface area contributed by atoms with Gasteiger partial charge in [-0.25, -0.2) is 0 Å². The summed E-state index contributed by atoms with van der Waals surface area (Å²) in [7, 11) is 0. The van der Waals surface area contributed by atoms with Crippen LogP contribution >= 0.6 is 22.6 Å². The van der Waals surface area contributed by atoms with Gasteiger partial charge in [0.15, 0.2) is 0 Å². The van der Waals surface area contributed by atoms with Crippen LogP contribution in [0.1, 0.15) is 0 Å². The molecule has 0 bridgehead atoms. The van der Waals surface area contributed by atoms with E-state index in [0.29, 0.717) is 6.10 Å². The summed E-state index contributed by atoms with van der Waals surface area (Å²) in [6.45, 7) is 1.00. The van der Waals surface area contributed by atoms with Crippen LogP contribution in [0.2, 0.25) is 0 Å². The van der Waals surface area contributed by atoms with Crippen LogP contribution in [-0.2, 0) is 4.74 Å². The zero-order chi connectivity index (χ0) is 3.70. The fourth-order valence-corrected chi connectivity index (χ4v) is 0.666. The number of hydrogen-bond donors (Lipinski definition) is 0.